The van der Waals surface area contributed by atoms with E-state index in [0.717, 1.165) is 60.1 Å². The number of amides is 1. The van der Waals surface area contributed by atoms with Crippen molar-refractivity contribution in [1.29, 1.82) is 0 Å². The molecule has 0 atom stereocenters. The summed E-state index contributed by atoms with van der Waals surface area (Å²) in [5, 5.41) is 21.4. The van der Waals surface area contributed by atoms with Gasteiger partial charge in [-0.3, -0.25) is 13.9 Å². The van der Waals surface area contributed by atoms with Crippen molar-refractivity contribution >= 4 is 56.4 Å². The third-order valence-corrected chi connectivity index (χ3v) is 12.6. The number of carbonyl (C=O) groups is 4. The molecule has 6 rings (SSSR count). The Balaban J connectivity index is 1.18. The molecule has 1 aliphatic carbocycles. The van der Waals surface area contributed by atoms with Gasteiger partial charge in [0.05, 0.1) is 27.3 Å². The standard InChI is InChI=1S/C42H40N2O8S2/c1-2-24-44(33-22-18-30(19-23-33)42(49)50)54(51,52)34-7-5-6-31(25-34)36(45)26-38-39(35-8-3-4-9-37(35)53-38)40(46)43-32-20-14-28(15-21-32)11-10-27-12-16-29(17-13-27)41(47)48/h5-7,12-23,25H,2-4,8-11,24,26H2,1H3,(H,43,46)(H,47,48)(H,49,50). The fraction of sp³-hybridized carbons (Fsp3) is 0.238. The molecule has 1 amide bonds. The molecule has 0 fully saturated rings. The third kappa shape index (κ3) is 8.61. The van der Waals surface area contributed by atoms with Crippen molar-refractivity contribution < 1.29 is 37.8 Å². The van der Waals surface area contributed by atoms with E-state index >= 15 is 0 Å². The molecule has 0 bridgehead atoms. The topological polar surface area (TPSA) is 158 Å². The van der Waals surface area contributed by atoms with E-state index in [4.69, 9.17) is 5.11 Å². The first-order valence-electron chi connectivity index (χ1n) is 17.8. The van der Waals surface area contributed by atoms with E-state index < -0.39 is 22.0 Å². The Bertz CT molecular complexity index is 2300. The van der Waals surface area contributed by atoms with Gasteiger partial charge in [-0.15, -0.1) is 11.3 Å². The second kappa shape index (κ2) is 16.6. The van der Waals surface area contributed by atoms with Crippen molar-refractivity contribution in [3.63, 3.8) is 0 Å². The summed E-state index contributed by atoms with van der Waals surface area (Å²) in [4.78, 5) is 51.9. The van der Waals surface area contributed by atoms with Gasteiger partial charge in [-0.1, -0.05) is 43.3 Å². The molecule has 0 unspecified atom stereocenters. The number of benzene rings is 4. The van der Waals surface area contributed by atoms with Crippen molar-refractivity contribution in [3.05, 3.63) is 146 Å². The van der Waals surface area contributed by atoms with Crippen LogP contribution in [0.2, 0.25) is 0 Å². The third-order valence-electron chi connectivity index (χ3n) is 9.48. The Morgan fingerprint density at radius 1 is 0.759 bits per heavy atom. The van der Waals surface area contributed by atoms with Crippen LogP contribution in [0.5, 0.6) is 0 Å². The summed E-state index contributed by atoms with van der Waals surface area (Å²) in [5.74, 6) is -2.67. The number of rotatable bonds is 15. The minimum atomic E-state index is -4.11. The lowest BCUT2D eigenvalue weighted by molar-refractivity contribution is 0.0686. The quantitative estimate of drug-likeness (QED) is 0.0903. The van der Waals surface area contributed by atoms with Crippen molar-refractivity contribution in [2.24, 2.45) is 0 Å². The number of ketones is 1. The lowest BCUT2D eigenvalue weighted by Gasteiger charge is -2.24. The molecule has 54 heavy (non-hydrogen) atoms. The van der Waals surface area contributed by atoms with Gasteiger partial charge in [0.25, 0.3) is 15.9 Å². The van der Waals surface area contributed by atoms with Crippen molar-refractivity contribution in [2.45, 2.75) is 63.2 Å². The van der Waals surface area contributed by atoms with Crippen molar-refractivity contribution in [1.82, 2.24) is 0 Å². The molecule has 0 saturated heterocycles. The Kier molecular flexibility index (Phi) is 11.7. The maximum absolute atomic E-state index is 13.9. The Labute approximate surface area is 318 Å². The van der Waals surface area contributed by atoms with Crippen LogP contribution >= 0.6 is 11.3 Å². The highest BCUT2D eigenvalue weighted by molar-refractivity contribution is 7.92. The number of hydrogen-bond donors (Lipinski definition) is 3. The highest BCUT2D eigenvalue weighted by Crippen LogP contribution is 2.36. The zero-order valence-electron chi connectivity index (χ0n) is 29.7. The largest absolute Gasteiger partial charge is 0.478 e. The number of carboxylic acids is 2. The number of nitrogens with zero attached hydrogens (tertiary/aromatic N) is 1. The summed E-state index contributed by atoms with van der Waals surface area (Å²) in [6.07, 6.45) is 5.43. The summed E-state index contributed by atoms with van der Waals surface area (Å²) in [6, 6.07) is 25.9. The minimum Gasteiger partial charge on any atom is -0.478 e. The van der Waals surface area contributed by atoms with Crippen LogP contribution in [0.4, 0.5) is 11.4 Å². The van der Waals surface area contributed by atoms with Crippen LogP contribution in [0.25, 0.3) is 0 Å². The molecule has 0 aliphatic heterocycles. The summed E-state index contributed by atoms with van der Waals surface area (Å²) in [7, 11) is -4.11. The number of carboxylic acid groups (broad SMARTS) is 2. The van der Waals surface area contributed by atoms with Crippen LogP contribution in [-0.4, -0.2) is 48.8 Å². The lowest BCUT2D eigenvalue weighted by atomic mass is 9.93. The maximum atomic E-state index is 13.9. The normalized spacial score (nSPS) is 12.5. The van der Waals surface area contributed by atoms with E-state index in [0.29, 0.717) is 28.2 Å². The van der Waals surface area contributed by atoms with Gasteiger partial charge in [-0.2, -0.15) is 0 Å². The van der Waals surface area contributed by atoms with Gasteiger partial charge in [-0.25, -0.2) is 18.0 Å². The summed E-state index contributed by atoms with van der Waals surface area (Å²) < 4.78 is 29.0. The number of aromatic carboxylic acids is 2. The number of anilines is 2. The Morgan fingerprint density at radius 2 is 1.35 bits per heavy atom. The second-order valence-electron chi connectivity index (χ2n) is 13.2. The maximum Gasteiger partial charge on any atom is 0.335 e. The molecule has 1 aromatic heterocycles. The Hall–Kier alpha value is -5.59. The number of thiophene rings is 1. The van der Waals surface area contributed by atoms with Gasteiger partial charge in [-0.05, 0) is 122 Å². The summed E-state index contributed by atoms with van der Waals surface area (Å²) in [5.41, 5.74) is 5.00. The second-order valence-corrected chi connectivity index (χ2v) is 16.3. The molecule has 278 valence electrons. The molecule has 4 aromatic carbocycles. The first-order chi connectivity index (χ1) is 25.9. The van der Waals surface area contributed by atoms with Gasteiger partial charge >= 0.3 is 11.9 Å². The fourth-order valence-corrected chi connectivity index (χ4v) is 9.62. The number of carbonyl (C=O) groups excluding carboxylic acids is 2. The van der Waals surface area contributed by atoms with Crippen molar-refractivity contribution in [3.8, 4) is 0 Å². The molecule has 0 radical (unpaired) electrons. The summed E-state index contributed by atoms with van der Waals surface area (Å²) >= 11 is 1.47. The smallest absolute Gasteiger partial charge is 0.335 e. The monoisotopic (exact) mass is 764 g/mol. The molecular weight excluding hydrogens is 725 g/mol. The molecule has 10 nitrogen and oxygen atoms in total. The van der Waals surface area contributed by atoms with Gasteiger partial charge in [0.2, 0.25) is 0 Å². The van der Waals surface area contributed by atoms with Crippen molar-refractivity contribution in [2.75, 3.05) is 16.2 Å². The molecular formula is C42H40N2O8S2. The Morgan fingerprint density at radius 3 is 1.96 bits per heavy atom. The number of aryl methyl sites for hydroxylation is 3. The number of hydrogen-bond acceptors (Lipinski definition) is 7. The highest BCUT2D eigenvalue weighted by Gasteiger charge is 2.29. The van der Waals surface area contributed by atoms with Crippen LogP contribution in [-0.2, 0) is 42.1 Å². The predicted octanol–water partition coefficient (Wildman–Crippen LogP) is 8.09. The minimum absolute atomic E-state index is 0.0391. The van der Waals surface area contributed by atoms with Crippen LogP contribution in [0.3, 0.4) is 0 Å². The molecule has 1 aliphatic rings. The lowest BCUT2D eigenvalue weighted by Crippen LogP contribution is -2.32. The van der Waals surface area contributed by atoms with Crippen LogP contribution in [0.1, 0.15) is 94.1 Å². The van der Waals surface area contributed by atoms with Crippen LogP contribution < -0.4 is 9.62 Å². The van der Waals surface area contributed by atoms with E-state index in [1.165, 1.54) is 58.1 Å². The van der Waals surface area contributed by atoms with E-state index in [1.807, 2.05) is 43.3 Å². The van der Waals surface area contributed by atoms with E-state index in [1.54, 1.807) is 18.2 Å². The van der Waals surface area contributed by atoms with Gasteiger partial charge in [0.1, 0.15) is 0 Å². The van der Waals surface area contributed by atoms with Crippen LogP contribution in [0, 0.1) is 0 Å². The number of nitrogens with one attached hydrogen (secondary N) is 1. The average molecular weight is 765 g/mol. The SMILES string of the molecule is CCCN(c1ccc(C(=O)O)cc1)S(=O)(=O)c1cccc(C(=O)Cc2sc3c(c2C(=O)Nc2ccc(CCc4ccc(C(=O)O)cc4)cc2)CCCC3)c1. The van der Waals surface area contributed by atoms with Gasteiger partial charge in [0, 0.05) is 34.0 Å². The van der Waals surface area contributed by atoms with Crippen LogP contribution in [0.15, 0.2) is 102 Å². The zero-order chi connectivity index (χ0) is 38.4. The van der Waals surface area contributed by atoms with E-state index in [2.05, 4.69) is 5.32 Å². The number of sulfonamides is 1. The summed E-state index contributed by atoms with van der Waals surface area (Å²) in [6.45, 7) is 1.99. The predicted molar refractivity (Wildman–Crippen MR) is 209 cm³/mol. The zero-order valence-corrected chi connectivity index (χ0v) is 31.3. The molecule has 5 aromatic rings. The highest BCUT2D eigenvalue weighted by atomic mass is 32.2. The van der Waals surface area contributed by atoms with Gasteiger partial charge in [0.15, 0.2) is 5.78 Å². The first kappa shape index (κ1) is 38.1. The molecule has 0 saturated carbocycles. The molecule has 1 heterocycles. The molecule has 3 N–H and O–H groups in total. The number of fused-ring (bicyclic) bond motifs is 1. The molecule has 0 spiro atoms. The fourth-order valence-electron chi connectivity index (χ4n) is 6.63. The van der Waals surface area contributed by atoms with E-state index in [9.17, 15) is 32.7 Å². The van der Waals surface area contributed by atoms with Gasteiger partial charge < -0.3 is 15.5 Å². The average Bonchev–Trinajstić information content (AvgIpc) is 3.54. The first-order valence-corrected chi connectivity index (χ1v) is 20.1. The molecule has 12 heteroatoms. The van der Waals surface area contributed by atoms with E-state index in [-0.39, 0.29) is 46.2 Å². The number of Topliss-reactive ketones (excluding diaryl/α,β-unsaturated/α-hetero) is 1.